The van der Waals surface area contributed by atoms with E-state index in [1.807, 2.05) is 6.07 Å². The number of hydrogen-bond donors (Lipinski definition) is 3. The van der Waals surface area contributed by atoms with Crippen molar-refractivity contribution in [2.45, 2.75) is 53.4 Å². The Morgan fingerprint density at radius 2 is 2.05 bits per heavy atom. The maximum Gasteiger partial charge on any atom is 0.244 e. The topological polar surface area (TPSA) is 86.9 Å². The van der Waals surface area contributed by atoms with Gasteiger partial charge in [-0.15, -0.1) is 0 Å². The average Bonchev–Trinajstić information content (AvgIpc) is 2.83. The fraction of sp³-hybridized carbons (Fsp3) is 0.667. The summed E-state index contributed by atoms with van der Waals surface area (Å²) in [5, 5.41) is 12.3. The second-order valence-corrected chi connectivity index (χ2v) is 6.38. The summed E-state index contributed by atoms with van der Waals surface area (Å²) in [6, 6.07) is 1.84. The van der Waals surface area contributed by atoms with E-state index >= 15 is 0 Å². The molecular weight excluding hydrogens is 268 g/mol. The van der Waals surface area contributed by atoms with Gasteiger partial charge in [0.2, 0.25) is 11.8 Å². The largest absolute Gasteiger partial charge is 0.347 e. The summed E-state index contributed by atoms with van der Waals surface area (Å²) in [5.74, 6) is 0.433. The van der Waals surface area contributed by atoms with E-state index in [9.17, 15) is 9.59 Å². The molecule has 0 aliphatic rings. The molecule has 0 aromatic carbocycles. The van der Waals surface area contributed by atoms with Gasteiger partial charge in [0, 0.05) is 17.2 Å². The molecule has 118 valence electrons. The van der Waals surface area contributed by atoms with Crippen LogP contribution in [0.1, 0.15) is 59.1 Å². The molecule has 0 bridgehead atoms. The number of H-pyrrole nitrogens is 1. The maximum atomic E-state index is 11.8. The van der Waals surface area contributed by atoms with E-state index in [2.05, 4.69) is 34.7 Å². The minimum atomic E-state index is -0.505. The molecule has 0 radical (unpaired) electrons. The minimum absolute atomic E-state index is 0.0528. The number of carbonyl (C=O) groups is 2. The minimum Gasteiger partial charge on any atom is -0.347 e. The van der Waals surface area contributed by atoms with Crippen molar-refractivity contribution in [1.29, 1.82) is 0 Å². The summed E-state index contributed by atoms with van der Waals surface area (Å²) >= 11 is 0. The van der Waals surface area contributed by atoms with Gasteiger partial charge in [0.1, 0.15) is 0 Å². The van der Waals surface area contributed by atoms with E-state index in [0.29, 0.717) is 11.7 Å². The smallest absolute Gasteiger partial charge is 0.244 e. The highest BCUT2D eigenvalue weighted by molar-refractivity contribution is 5.94. The predicted octanol–water partition coefficient (Wildman–Crippen LogP) is 2.41. The van der Waals surface area contributed by atoms with E-state index in [1.165, 1.54) is 0 Å². The molecule has 2 amide bonds. The van der Waals surface area contributed by atoms with Crippen LogP contribution in [-0.2, 0) is 9.59 Å². The Kier molecular flexibility index (Phi) is 5.93. The van der Waals surface area contributed by atoms with Gasteiger partial charge in [0.15, 0.2) is 5.82 Å². The Balaban J connectivity index is 2.47. The Morgan fingerprint density at radius 3 is 2.62 bits per heavy atom. The molecular formula is C15H26N4O2. The van der Waals surface area contributed by atoms with Crippen molar-refractivity contribution in [1.82, 2.24) is 15.5 Å². The molecule has 1 rings (SSSR count). The molecule has 1 unspecified atom stereocenters. The number of rotatable bonds is 6. The molecule has 0 aliphatic heterocycles. The van der Waals surface area contributed by atoms with Crippen LogP contribution in [0, 0.1) is 5.41 Å². The lowest BCUT2D eigenvalue weighted by Gasteiger charge is -2.17. The van der Waals surface area contributed by atoms with Crippen LogP contribution in [0.5, 0.6) is 0 Å². The van der Waals surface area contributed by atoms with Gasteiger partial charge in [-0.3, -0.25) is 14.7 Å². The van der Waals surface area contributed by atoms with Crippen molar-refractivity contribution in [2.24, 2.45) is 5.41 Å². The predicted molar refractivity (Wildman–Crippen MR) is 83.0 cm³/mol. The zero-order chi connectivity index (χ0) is 16.0. The first-order valence-corrected chi connectivity index (χ1v) is 7.37. The van der Waals surface area contributed by atoms with Crippen LogP contribution in [0.4, 0.5) is 5.82 Å². The molecule has 0 fully saturated rings. The Morgan fingerprint density at radius 1 is 1.38 bits per heavy atom. The zero-order valence-electron chi connectivity index (χ0n) is 13.5. The van der Waals surface area contributed by atoms with E-state index in [4.69, 9.17) is 0 Å². The molecule has 0 saturated carbocycles. The van der Waals surface area contributed by atoms with E-state index in [0.717, 1.165) is 18.5 Å². The summed E-state index contributed by atoms with van der Waals surface area (Å²) in [7, 11) is 0. The molecule has 21 heavy (non-hydrogen) atoms. The van der Waals surface area contributed by atoms with Crippen LogP contribution in [0.3, 0.4) is 0 Å². The maximum absolute atomic E-state index is 11.8. The van der Waals surface area contributed by atoms with Crippen molar-refractivity contribution in [2.75, 3.05) is 11.9 Å². The molecule has 6 nitrogen and oxygen atoms in total. The average molecular weight is 294 g/mol. The van der Waals surface area contributed by atoms with E-state index in [1.54, 1.807) is 20.8 Å². The standard InChI is InChI=1S/C15H26N4O2/c1-6-7-10(2)11-8-12(19-18-11)17-13(20)9-16-14(21)15(3,4)5/h8,10H,6-7,9H2,1-5H3,(H,16,21)(H2,17,18,19,20). The molecule has 0 saturated heterocycles. The second-order valence-electron chi connectivity index (χ2n) is 6.38. The van der Waals surface area contributed by atoms with Crippen molar-refractivity contribution in [3.63, 3.8) is 0 Å². The first kappa shape index (κ1) is 17.2. The normalized spacial score (nSPS) is 12.8. The first-order valence-electron chi connectivity index (χ1n) is 7.37. The molecule has 1 aromatic heterocycles. The molecule has 1 aromatic rings. The highest BCUT2D eigenvalue weighted by atomic mass is 16.2. The Bertz CT molecular complexity index is 488. The second kappa shape index (κ2) is 7.24. The summed E-state index contributed by atoms with van der Waals surface area (Å²) in [6.45, 7) is 9.60. The van der Waals surface area contributed by atoms with Crippen LogP contribution in [0.25, 0.3) is 0 Å². The van der Waals surface area contributed by atoms with Crippen molar-refractivity contribution in [3.8, 4) is 0 Å². The zero-order valence-corrected chi connectivity index (χ0v) is 13.5. The number of carbonyl (C=O) groups excluding carboxylic acids is 2. The first-order chi connectivity index (χ1) is 9.74. The third-order valence-electron chi connectivity index (χ3n) is 3.21. The van der Waals surface area contributed by atoms with Gasteiger partial charge in [-0.1, -0.05) is 41.0 Å². The summed E-state index contributed by atoms with van der Waals surface area (Å²) in [4.78, 5) is 23.4. The summed E-state index contributed by atoms with van der Waals surface area (Å²) < 4.78 is 0. The van der Waals surface area contributed by atoms with Crippen molar-refractivity contribution >= 4 is 17.6 Å². The summed E-state index contributed by atoms with van der Waals surface area (Å²) in [5.41, 5.74) is 0.501. The number of anilines is 1. The monoisotopic (exact) mass is 294 g/mol. The Hall–Kier alpha value is -1.85. The van der Waals surface area contributed by atoms with Gasteiger partial charge in [0.25, 0.3) is 0 Å². The van der Waals surface area contributed by atoms with Gasteiger partial charge in [0.05, 0.1) is 6.54 Å². The van der Waals surface area contributed by atoms with Crippen LogP contribution < -0.4 is 10.6 Å². The highest BCUT2D eigenvalue weighted by Crippen LogP contribution is 2.20. The molecule has 1 heterocycles. The van der Waals surface area contributed by atoms with E-state index < -0.39 is 5.41 Å². The van der Waals surface area contributed by atoms with E-state index in [-0.39, 0.29) is 18.4 Å². The number of hydrogen-bond acceptors (Lipinski definition) is 3. The lowest BCUT2D eigenvalue weighted by Crippen LogP contribution is -2.39. The lowest BCUT2D eigenvalue weighted by atomic mass is 9.96. The Labute approximate surface area is 126 Å². The molecule has 6 heteroatoms. The third kappa shape index (κ3) is 5.57. The lowest BCUT2D eigenvalue weighted by molar-refractivity contribution is -0.130. The molecule has 0 aliphatic carbocycles. The molecule has 1 atom stereocenters. The number of nitrogens with zero attached hydrogens (tertiary/aromatic N) is 1. The number of nitrogens with one attached hydrogen (secondary N) is 3. The number of aromatic amines is 1. The fourth-order valence-corrected chi connectivity index (χ4v) is 1.85. The summed E-state index contributed by atoms with van der Waals surface area (Å²) in [6.07, 6.45) is 2.16. The highest BCUT2D eigenvalue weighted by Gasteiger charge is 2.21. The van der Waals surface area contributed by atoms with Gasteiger partial charge in [-0.2, -0.15) is 5.10 Å². The van der Waals surface area contributed by atoms with Crippen LogP contribution in [0.15, 0.2) is 6.07 Å². The fourth-order valence-electron chi connectivity index (χ4n) is 1.85. The molecule has 0 spiro atoms. The number of aromatic nitrogens is 2. The van der Waals surface area contributed by atoms with Crippen molar-refractivity contribution in [3.05, 3.63) is 11.8 Å². The SMILES string of the molecule is CCCC(C)c1cc(NC(=O)CNC(=O)C(C)(C)C)n[nH]1. The molecule has 3 N–H and O–H groups in total. The van der Waals surface area contributed by atoms with Crippen LogP contribution >= 0.6 is 0 Å². The van der Waals surface area contributed by atoms with Crippen molar-refractivity contribution < 1.29 is 9.59 Å². The van der Waals surface area contributed by atoms with Gasteiger partial charge in [-0.05, 0) is 12.3 Å². The number of amides is 2. The van der Waals surface area contributed by atoms with Gasteiger partial charge >= 0.3 is 0 Å². The van der Waals surface area contributed by atoms with Gasteiger partial charge < -0.3 is 10.6 Å². The third-order valence-corrected chi connectivity index (χ3v) is 3.21. The quantitative estimate of drug-likeness (QED) is 0.753. The van der Waals surface area contributed by atoms with Crippen LogP contribution in [-0.4, -0.2) is 28.6 Å². The van der Waals surface area contributed by atoms with Crippen LogP contribution in [0.2, 0.25) is 0 Å². The van der Waals surface area contributed by atoms with Gasteiger partial charge in [-0.25, -0.2) is 0 Å².